The number of anilines is 2. The molecular weight excluding hydrogens is 364 g/mol. The number of benzene rings is 1. The van der Waals surface area contributed by atoms with E-state index in [1.54, 1.807) is 7.11 Å². The summed E-state index contributed by atoms with van der Waals surface area (Å²) in [5.74, 6) is 0.412. The zero-order chi connectivity index (χ0) is 21.1. The third-order valence-electron chi connectivity index (χ3n) is 5.21. The van der Waals surface area contributed by atoms with Crippen LogP contribution < -0.4 is 15.0 Å². The Morgan fingerprint density at radius 2 is 1.69 bits per heavy atom. The lowest BCUT2D eigenvalue weighted by Gasteiger charge is -2.36. The predicted octanol–water partition coefficient (Wildman–Crippen LogP) is 4.40. The molecule has 29 heavy (non-hydrogen) atoms. The van der Waals surface area contributed by atoms with Crippen LogP contribution in [0.1, 0.15) is 29.3 Å². The minimum Gasteiger partial charge on any atom is -0.480 e. The van der Waals surface area contributed by atoms with E-state index >= 15 is 0 Å². The van der Waals surface area contributed by atoms with Gasteiger partial charge in [0.15, 0.2) is 0 Å². The van der Waals surface area contributed by atoms with Crippen molar-refractivity contribution in [3.63, 3.8) is 0 Å². The first-order valence-corrected chi connectivity index (χ1v) is 9.89. The van der Waals surface area contributed by atoms with E-state index in [4.69, 9.17) is 4.74 Å². The van der Waals surface area contributed by atoms with Crippen LogP contribution in [0.5, 0.6) is 5.88 Å². The van der Waals surface area contributed by atoms with Crippen molar-refractivity contribution in [2.75, 3.05) is 43.5 Å². The number of carbonyl (C=O) groups excluding carboxylic acids is 1. The maximum atomic E-state index is 12.8. The third-order valence-corrected chi connectivity index (χ3v) is 5.21. The number of ether oxygens (including phenoxy) is 1. The van der Waals surface area contributed by atoms with E-state index in [0.717, 1.165) is 29.9 Å². The van der Waals surface area contributed by atoms with Crippen LogP contribution in [0.3, 0.4) is 0 Å². The number of aromatic nitrogens is 1. The van der Waals surface area contributed by atoms with Gasteiger partial charge in [-0.1, -0.05) is 12.6 Å². The average Bonchev–Trinajstić information content (AvgIpc) is 2.68. The fourth-order valence-electron chi connectivity index (χ4n) is 3.76. The van der Waals surface area contributed by atoms with Gasteiger partial charge in [-0.3, -0.25) is 0 Å². The van der Waals surface area contributed by atoms with Crippen molar-refractivity contribution < 1.29 is 9.53 Å². The molecular formula is C23H30N4O2. The van der Waals surface area contributed by atoms with Crippen molar-refractivity contribution in [2.45, 2.75) is 27.7 Å². The van der Waals surface area contributed by atoms with E-state index < -0.39 is 0 Å². The fourth-order valence-corrected chi connectivity index (χ4v) is 3.76. The number of pyridine rings is 1. The Morgan fingerprint density at radius 3 is 2.24 bits per heavy atom. The molecule has 0 saturated carbocycles. The number of piperazine rings is 1. The number of allylic oxidation sites excluding steroid dienone is 1. The Bertz CT molecular complexity index is 910. The normalized spacial score (nSPS) is 14.0. The molecule has 0 unspecified atom stereocenters. The van der Waals surface area contributed by atoms with E-state index in [-0.39, 0.29) is 6.03 Å². The highest BCUT2D eigenvalue weighted by atomic mass is 16.5. The molecule has 6 nitrogen and oxygen atoms in total. The summed E-state index contributed by atoms with van der Waals surface area (Å²) in [6.07, 6.45) is 0. The number of nitrogens with one attached hydrogen (secondary N) is 1. The highest BCUT2D eigenvalue weighted by molar-refractivity contribution is 5.91. The molecule has 0 spiro atoms. The van der Waals surface area contributed by atoms with E-state index in [9.17, 15) is 4.79 Å². The molecule has 2 amide bonds. The quantitative estimate of drug-likeness (QED) is 0.835. The lowest BCUT2D eigenvalue weighted by Crippen LogP contribution is -2.50. The monoisotopic (exact) mass is 394 g/mol. The van der Waals surface area contributed by atoms with Crippen LogP contribution in [-0.2, 0) is 0 Å². The summed E-state index contributed by atoms with van der Waals surface area (Å²) in [6.45, 7) is 15.0. The van der Waals surface area contributed by atoms with Crippen molar-refractivity contribution >= 4 is 23.0 Å². The molecule has 0 atom stereocenters. The zero-order valence-electron chi connectivity index (χ0n) is 18.0. The number of rotatable bonds is 4. The average molecular weight is 395 g/mol. The molecule has 1 saturated heterocycles. The molecule has 3 rings (SSSR count). The van der Waals surface area contributed by atoms with Crippen LogP contribution in [0.25, 0.3) is 5.57 Å². The summed E-state index contributed by atoms with van der Waals surface area (Å²) in [4.78, 5) is 21.5. The van der Waals surface area contributed by atoms with Crippen molar-refractivity contribution in [1.29, 1.82) is 0 Å². The van der Waals surface area contributed by atoms with Crippen LogP contribution in [0.15, 0.2) is 30.8 Å². The number of amides is 2. The van der Waals surface area contributed by atoms with Crippen molar-refractivity contribution in [3.8, 4) is 5.88 Å². The van der Waals surface area contributed by atoms with Gasteiger partial charge in [0.25, 0.3) is 0 Å². The molecule has 1 aliphatic heterocycles. The molecule has 6 heteroatoms. The molecule has 154 valence electrons. The Hall–Kier alpha value is -3.02. The molecule has 2 aromatic rings. The van der Waals surface area contributed by atoms with Gasteiger partial charge in [-0.2, -0.15) is 0 Å². The first kappa shape index (κ1) is 20.7. The van der Waals surface area contributed by atoms with Gasteiger partial charge in [0.1, 0.15) is 5.69 Å². The van der Waals surface area contributed by atoms with Gasteiger partial charge in [0.05, 0.1) is 7.11 Å². The number of hydrogen-bond donors (Lipinski definition) is 1. The Kier molecular flexibility index (Phi) is 6.11. The first-order chi connectivity index (χ1) is 13.8. The number of urea groups is 1. The second-order valence-electron chi connectivity index (χ2n) is 7.71. The van der Waals surface area contributed by atoms with Crippen molar-refractivity contribution in [3.05, 3.63) is 53.2 Å². The highest BCUT2D eigenvalue weighted by Crippen LogP contribution is 2.28. The molecule has 2 heterocycles. The highest BCUT2D eigenvalue weighted by Gasteiger charge is 2.23. The second-order valence-corrected chi connectivity index (χ2v) is 7.71. The molecule has 1 aliphatic rings. The maximum Gasteiger partial charge on any atom is 0.322 e. The molecule has 0 aliphatic carbocycles. The predicted molar refractivity (Wildman–Crippen MR) is 119 cm³/mol. The number of carbonyl (C=O) groups is 1. The van der Waals surface area contributed by atoms with Crippen LogP contribution in [0.2, 0.25) is 0 Å². The minimum absolute atomic E-state index is 0.137. The van der Waals surface area contributed by atoms with Crippen molar-refractivity contribution in [2.24, 2.45) is 0 Å². The van der Waals surface area contributed by atoms with E-state index in [0.29, 0.717) is 24.7 Å². The van der Waals surface area contributed by atoms with Crippen molar-refractivity contribution in [1.82, 2.24) is 9.88 Å². The van der Waals surface area contributed by atoms with Gasteiger partial charge < -0.3 is 19.9 Å². The largest absolute Gasteiger partial charge is 0.480 e. The van der Waals surface area contributed by atoms with Gasteiger partial charge >= 0.3 is 6.03 Å². The van der Waals surface area contributed by atoms with Gasteiger partial charge in [-0.15, -0.1) is 0 Å². The molecule has 1 aromatic heterocycles. The Morgan fingerprint density at radius 1 is 1.07 bits per heavy atom. The van der Waals surface area contributed by atoms with Gasteiger partial charge in [-0.25, -0.2) is 9.78 Å². The lowest BCUT2D eigenvalue weighted by molar-refractivity contribution is 0.208. The number of methoxy groups -OCH3 is 1. The topological polar surface area (TPSA) is 57.7 Å². The standard InChI is InChI=1S/C23H30N4O2/c1-15(2)20-14-21(22(29-6)24-18(20)5)25-23(28)27-9-7-26(8-10-27)19-12-16(3)11-17(4)13-19/h11-14H,1,7-10H2,2-6H3,(H,25,28). The maximum absolute atomic E-state index is 12.8. The molecule has 1 fully saturated rings. The molecule has 1 N–H and O–H groups in total. The van der Waals surface area contributed by atoms with Gasteiger partial charge in [0.2, 0.25) is 5.88 Å². The van der Waals surface area contributed by atoms with Crippen LogP contribution >= 0.6 is 0 Å². The van der Waals surface area contributed by atoms with Crippen LogP contribution in [0.4, 0.5) is 16.2 Å². The van der Waals surface area contributed by atoms with E-state index in [1.165, 1.54) is 16.8 Å². The van der Waals surface area contributed by atoms with Crippen LogP contribution in [0, 0.1) is 20.8 Å². The smallest absolute Gasteiger partial charge is 0.322 e. The summed E-state index contributed by atoms with van der Waals surface area (Å²) >= 11 is 0. The minimum atomic E-state index is -0.137. The summed E-state index contributed by atoms with van der Waals surface area (Å²) in [5.41, 5.74) is 6.95. The van der Waals surface area contributed by atoms with E-state index in [2.05, 4.69) is 53.8 Å². The molecule has 1 aromatic carbocycles. The third kappa shape index (κ3) is 4.70. The summed E-state index contributed by atoms with van der Waals surface area (Å²) < 4.78 is 5.36. The summed E-state index contributed by atoms with van der Waals surface area (Å²) in [7, 11) is 1.56. The fraction of sp³-hybridized carbons (Fsp3) is 0.391. The zero-order valence-corrected chi connectivity index (χ0v) is 18.0. The number of aryl methyl sites for hydroxylation is 3. The Balaban J connectivity index is 1.68. The second kappa shape index (κ2) is 8.55. The number of hydrogen-bond acceptors (Lipinski definition) is 4. The summed E-state index contributed by atoms with van der Waals surface area (Å²) in [6, 6.07) is 8.32. The Labute approximate surface area is 173 Å². The van der Waals surface area contributed by atoms with Crippen LogP contribution in [-0.4, -0.2) is 49.2 Å². The summed E-state index contributed by atoms with van der Waals surface area (Å²) in [5, 5.41) is 2.97. The SMILES string of the molecule is C=C(C)c1cc(NC(=O)N2CCN(c3cc(C)cc(C)c3)CC2)c(OC)nc1C. The molecule has 0 radical (unpaired) electrons. The lowest BCUT2D eigenvalue weighted by atomic mass is 10.1. The molecule has 0 bridgehead atoms. The van der Waals surface area contributed by atoms with Gasteiger partial charge in [0, 0.05) is 43.1 Å². The van der Waals surface area contributed by atoms with Gasteiger partial charge in [-0.05, 0) is 62.6 Å². The number of nitrogens with zero attached hydrogens (tertiary/aromatic N) is 3. The van der Waals surface area contributed by atoms with E-state index in [1.807, 2.05) is 24.8 Å². The first-order valence-electron chi connectivity index (χ1n) is 9.89.